The van der Waals surface area contributed by atoms with Crippen molar-refractivity contribution >= 4 is 11.6 Å². The number of anilines is 1. The fourth-order valence-electron chi connectivity index (χ4n) is 1.96. The summed E-state index contributed by atoms with van der Waals surface area (Å²) in [5.41, 5.74) is 1.11. The predicted octanol–water partition coefficient (Wildman–Crippen LogP) is 4.07. The molecule has 116 valence electrons. The van der Waals surface area contributed by atoms with Gasteiger partial charge in [0.05, 0.1) is 0 Å². The summed E-state index contributed by atoms with van der Waals surface area (Å²) in [5.74, 6) is -1.75. The van der Waals surface area contributed by atoms with Gasteiger partial charge < -0.3 is 10.1 Å². The number of hydrogen-bond acceptors (Lipinski definition) is 2. The molecule has 1 amide bonds. The zero-order chi connectivity index (χ0) is 16.1. The second-order valence-electron chi connectivity index (χ2n) is 4.90. The van der Waals surface area contributed by atoms with E-state index in [9.17, 15) is 13.6 Å². The molecule has 2 rings (SSSR count). The molecule has 0 heterocycles. The summed E-state index contributed by atoms with van der Waals surface area (Å²) >= 11 is 0. The van der Waals surface area contributed by atoms with Crippen molar-refractivity contribution in [3.63, 3.8) is 0 Å². The average molecular weight is 305 g/mol. The van der Waals surface area contributed by atoms with E-state index < -0.39 is 23.6 Å². The SMILES string of the molecule is CC[C@H](Oc1ccccc1C)C(=O)Nc1ccc(F)c(F)c1. The van der Waals surface area contributed by atoms with E-state index >= 15 is 0 Å². The number of ether oxygens (including phenoxy) is 1. The van der Waals surface area contributed by atoms with E-state index in [2.05, 4.69) is 5.32 Å². The molecule has 0 aliphatic heterocycles. The van der Waals surface area contributed by atoms with Crippen molar-refractivity contribution in [3.05, 3.63) is 59.7 Å². The zero-order valence-corrected chi connectivity index (χ0v) is 12.4. The van der Waals surface area contributed by atoms with Crippen molar-refractivity contribution in [2.45, 2.75) is 26.4 Å². The maximum absolute atomic E-state index is 13.2. The average Bonchev–Trinajstić information content (AvgIpc) is 2.50. The molecule has 0 bridgehead atoms. The molecule has 0 aromatic heterocycles. The van der Waals surface area contributed by atoms with E-state index in [4.69, 9.17) is 4.74 Å². The van der Waals surface area contributed by atoms with Crippen molar-refractivity contribution in [3.8, 4) is 5.75 Å². The molecular formula is C17H17F2NO2. The van der Waals surface area contributed by atoms with Gasteiger partial charge in [-0.3, -0.25) is 4.79 Å². The zero-order valence-electron chi connectivity index (χ0n) is 12.4. The van der Waals surface area contributed by atoms with Crippen LogP contribution in [0.2, 0.25) is 0 Å². The normalized spacial score (nSPS) is 11.8. The lowest BCUT2D eigenvalue weighted by molar-refractivity contribution is -0.122. The summed E-state index contributed by atoms with van der Waals surface area (Å²) in [6.07, 6.45) is -0.265. The van der Waals surface area contributed by atoms with E-state index in [1.54, 1.807) is 6.07 Å². The topological polar surface area (TPSA) is 38.3 Å². The first kappa shape index (κ1) is 15.9. The Bertz CT molecular complexity index is 673. The van der Waals surface area contributed by atoms with E-state index in [0.717, 1.165) is 17.7 Å². The van der Waals surface area contributed by atoms with Crippen molar-refractivity contribution in [2.75, 3.05) is 5.32 Å². The minimum absolute atomic E-state index is 0.190. The molecule has 0 spiro atoms. The van der Waals surface area contributed by atoms with Crippen LogP contribution in [0.1, 0.15) is 18.9 Å². The molecule has 22 heavy (non-hydrogen) atoms. The number of rotatable bonds is 5. The largest absolute Gasteiger partial charge is 0.480 e. The lowest BCUT2D eigenvalue weighted by Crippen LogP contribution is -2.32. The Morgan fingerprint density at radius 1 is 1.18 bits per heavy atom. The number of halogens is 2. The molecular weight excluding hydrogens is 288 g/mol. The van der Waals surface area contributed by atoms with E-state index in [1.165, 1.54) is 6.07 Å². The molecule has 0 fully saturated rings. The third kappa shape index (κ3) is 3.81. The lowest BCUT2D eigenvalue weighted by atomic mass is 10.2. The van der Waals surface area contributed by atoms with Crippen LogP contribution >= 0.6 is 0 Å². The summed E-state index contributed by atoms with van der Waals surface area (Å²) in [6.45, 7) is 3.70. The second-order valence-corrected chi connectivity index (χ2v) is 4.90. The van der Waals surface area contributed by atoms with Gasteiger partial charge in [0.2, 0.25) is 0 Å². The van der Waals surface area contributed by atoms with Crippen LogP contribution in [0.25, 0.3) is 0 Å². The van der Waals surface area contributed by atoms with Gasteiger partial charge in [-0.15, -0.1) is 0 Å². The van der Waals surface area contributed by atoms with Gasteiger partial charge in [0.25, 0.3) is 5.91 Å². The van der Waals surface area contributed by atoms with Crippen molar-refractivity contribution in [1.29, 1.82) is 0 Å². The first-order valence-electron chi connectivity index (χ1n) is 6.99. The van der Waals surface area contributed by atoms with Crippen LogP contribution in [0.5, 0.6) is 5.75 Å². The number of amides is 1. The molecule has 0 saturated carbocycles. The summed E-state index contributed by atoms with van der Waals surface area (Å²) in [6, 6.07) is 10.6. The summed E-state index contributed by atoms with van der Waals surface area (Å²) in [5, 5.41) is 2.53. The monoisotopic (exact) mass is 305 g/mol. The lowest BCUT2D eigenvalue weighted by Gasteiger charge is -2.18. The Morgan fingerprint density at radius 3 is 2.55 bits per heavy atom. The van der Waals surface area contributed by atoms with Crippen molar-refractivity contribution in [2.24, 2.45) is 0 Å². The van der Waals surface area contributed by atoms with Gasteiger partial charge in [0, 0.05) is 11.8 Å². The van der Waals surface area contributed by atoms with Crippen LogP contribution < -0.4 is 10.1 Å². The molecule has 0 unspecified atom stereocenters. The van der Waals surface area contributed by atoms with Gasteiger partial charge in [-0.05, 0) is 37.1 Å². The number of carbonyl (C=O) groups is 1. The summed E-state index contributed by atoms with van der Waals surface area (Å²) in [7, 11) is 0. The molecule has 2 aromatic rings. The Hall–Kier alpha value is -2.43. The highest BCUT2D eigenvalue weighted by molar-refractivity contribution is 5.94. The number of para-hydroxylation sites is 1. The minimum Gasteiger partial charge on any atom is -0.480 e. The third-order valence-corrected chi connectivity index (χ3v) is 3.21. The number of nitrogens with one attached hydrogen (secondary N) is 1. The van der Waals surface area contributed by atoms with E-state index in [1.807, 2.05) is 32.0 Å². The second kappa shape index (κ2) is 7.02. The first-order valence-corrected chi connectivity index (χ1v) is 6.99. The molecule has 0 aliphatic rings. The van der Waals surface area contributed by atoms with Crippen LogP contribution in [-0.2, 0) is 4.79 Å². The van der Waals surface area contributed by atoms with E-state index in [0.29, 0.717) is 12.2 Å². The molecule has 1 atom stereocenters. The highest BCUT2D eigenvalue weighted by Crippen LogP contribution is 2.20. The Balaban J connectivity index is 2.08. The van der Waals surface area contributed by atoms with Gasteiger partial charge in [0.1, 0.15) is 5.75 Å². The van der Waals surface area contributed by atoms with Crippen LogP contribution in [0.15, 0.2) is 42.5 Å². The molecule has 0 saturated heterocycles. The summed E-state index contributed by atoms with van der Waals surface area (Å²) in [4.78, 5) is 12.2. The molecule has 5 heteroatoms. The van der Waals surface area contributed by atoms with Crippen molar-refractivity contribution < 1.29 is 18.3 Å². The third-order valence-electron chi connectivity index (χ3n) is 3.21. The molecule has 2 aromatic carbocycles. The van der Waals surface area contributed by atoms with Crippen molar-refractivity contribution in [1.82, 2.24) is 0 Å². The van der Waals surface area contributed by atoms with Crippen LogP contribution in [-0.4, -0.2) is 12.0 Å². The number of aryl methyl sites for hydroxylation is 1. The van der Waals surface area contributed by atoms with Crippen LogP contribution in [0, 0.1) is 18.6 Å². The Kier molecular flexibility index (Phi) is 5.09. The fraction of sp³-hybridized carbons (Fsp3) is 0.235. The number of carbonyl (C=O) groups excluding carboxylic acids is 1. The van der Waals surface area contributed by atoms with Gasteiger partial charge in [-0.25, -0.2) is 8.78 Å². The smallest absolute Gasteiger partial charge is 0.265 e. The maximum Gasteiger partial charge on any atom is 0.265 e. The number of benzene rings is 2. The predicted molar refractivity (Wildman–Crippen MR) is 80.9 cm³/mol. The quantitative estimate of drug-likeness (QED) is 0.904. The minimum atomic E-state index is -1.01. The van der Waals surface area contributed by atoms with Gasteiger partial charge in [-0.1, -0.05) is 25.1 Å². The fourth-order valence-corrected chi connectivity index (χ4v) is 1.96. The molecule has 0 aliphatic carbocycles. The highest BCUT2D eigenvalue weighted by atomic mass is 19.2. The first-order chi connectivity index (χ1) is 10.5. The van der Waals surface area contributed by atoms with Crippen LogP contribution in [0.3, 0.4) is 0 Å². The highest BCUT2D eigenvalue weighted by Gasteiger charge is 2.19. The molecule has 0 radical (unpaired) electrons. The van der Waals surface area contributed by atoms with Gasteiger partial charge >= 0.3 is 0 Å². The number of hydrogen-bond donors (Lipinski definition) is 1. The Labute approximate surface area is 127 Å². The molecule has 3 nitrogen and oxygen atoms in total. The standard InChI is InChI=1S/C17H17F2NO2/c1-3-15(22-16-7-5-4-6-11(16)2)17(21)20-12-8-9-13(18)14(19)10-12/h4-10,15H,3H2,1-2H3,(H,20,21)/t15-/m0/s1. The molecule has 1 N–H and O–H groups in total. The maximum atomic E-state index is 13.2. The Morgan fingerprint density at radius 2 is 1.91 bits per heavy atom. The van der Waals surface area contributed by atoms with E-state index in [-0.39, 0.29) is 5.69 Å². The van der Waals surface area contributed by atoms with Crippen LogP contribution in [0.4, 0.5) is 14.5 Å². The van der Waals surface area contributed by atoms with Gasteiger partial charge in [-0.2, -0.15) is 0 Å². The summed E-state index contributed by atoms with van der Waals surface area (Å²) < 4.78 is 31.7. The van der Waals surface area contributed by atoms with Gasteiger partial charge in [0.15, 0.2) is 17.7 Å².